The van der Waals surface area contributed by atoms with Gasteiger partial charge in [-0.1, -0.05) is 0 Å². The topological polar surface area (TPSA) is 106 Å². The van der Waals surface area contributed by atoms with Crippen LogP contribution in [-0.2, 0) is 9.84 Å². The molecule has 1 fully saturated rings. The average Bonchev–Trinajstić information content (AvgIpc) is 3.45. The summed E-state index contributed by atoms with van der Waals surface area (Å²) in [5.41, 5.74) is 0.906. The van der Waals surface area contributed by atoms with E-state index in [-0.39, 0.29) is 16.5 Å². The number of rotatable bonds is 5. The van der Waals surface area contributed by atoms with Crippen molar-refractivity contribution in [2.24, 2.45) is 0 Å². The Morgan fingerprint density at radius 1 is 1.21 bits per heavy atom. The monoisotopic (exact) mass is 415 g/mol. The van der Waals surface area contributed by atoms with Crippen LogP contribution in [0.5, 0.6) is 5.75 Å². The van der Waals surface area contributed by atoms with Gasteiger partial charge in [0.25, 0.3) is 5.91 Å². The van der Waals surface area contributed by atoms with E-state index >= 15 is 0 Å². The number of aromatic amines is 1. The van der Waals surface area contributed by atoms with E-state index in [0.29, 0.717) is 43.1 Å². The van der Waals surface area contributed by atoms with E-state index < -0.39 is 15.1 Å². The first-order chi connectivity index (χ1) is 14.0. The van der Waals surface area contributed by atoms with Crippen LogP contribution in [0.3, 0.4) is 0 Å². The molecule has 152 valence electrons. The fraction of sp³-hybridized carbons (Fsp3) is 0.300. The molecule has 1 saturated heterocycles. The molecule has 3 heterocycles. The summed E-state index contributed by atoms with van der Waals surface area (Å²) in [5.74, 6) is 0.984. The van der Waals surface area contributed by atoms with Crippen LogP contribution in [0, 0.1) is 0 Å². The number of piperidine rings is 1. The number of amides is 1. The molecule has 4 rings (SSSR count). The lowest BCUT2D eigenvalue weighted by molar-refractivity contribution is 0.0719. The summed E-state index contributed by atoms with van der Waals surface area (Å²) >= 11 is 0. The zero-order chi connectivity index (χ0) is 20.4. The predicted octanol–water partition coefficient (Wildman–Crippen LogP) is 2.76. The maximum Gasteiger partial charge on any atom is 0.274 e. The summed E-state index contributed by atoms with van der Waals surface area (Å²) in [6, 6.07) is 11.6. The first-order valence-electron chi connectivity index (χ1n) is 9.25. The molecule has 0 spiro atoms. The fourth-order valence-electron chi connectivity index (χ4n) is 3.48. The van der Waals surface area contributed by atoms with E-state index in [4.69, 9.17) is 9.15 Å². The smallest absolute Gasteiger partial charge is 0.274 e. The number of ether oxygens (including phenoxy) is 1. The Bertz CT molecular complexity index is 1080. The van der Waals surface area contributed by atoms with Crippen molar-refractivity contribution in [2.45, 2.75) is 23.0 Å². The molecule has 8 nitrogen and oxygen atoms in total. The second-order valence-corrected chi connectivity index (χ2v) is 9.08. The number of methoxy groups -OCH3 is 1. The van der Waals surface area contributed by atoms with Crippen LogP contribution in [0.15, 0.2) is 58.0 Å². The van der Waals surface area contributed by atoms with Gasteiger partial charge < -0.3 is 14.1 Å². The summed E-state index contributed by atoms with van der Waals surface area (Å²) in [6.07, 6.45) is 2.32. The van der Waals surface area contributed by atoms with E-state index in [1.807, 2.05) is 0 Å². The Balaban J connectivity index is 1.41. The highest BCUT2D eigenvalue weighted by Crippen LogP contribution is 2.27. The van der Waals surface area contributed by atoms with Gasteiger partial charge in [-0.05, 0) is 49.2 Å². The standard InChI is InChI=1S/C20H21N3O5S/c1-27-14-4-6-15(7-5-14)29(25,26)16-8-10-23(11-9-16)20(24)18-13-17(21-22-18)19-3-2-12-28-19/h2-7,12-13,16H,8-11H2,1H3,(H,21,22). The molecule has 2 aromatic heterocycles. The number of hydrogen-bond acceptors (Lipinski definition) is 6. The molecular weight excluding hydrogens is 394 g/mol. The summed E-state index contributed by atoms with van der Waals surface area (Å²) in [4.78, 5) is 14.6. The van der Waals surface area contributed by atoms with Crippen molar-refractivity contribution in [1.29, 1.82) is 0 Å². The number of hydrogen-bond donors (Lipinski definition) is 1. The van der Waals surface area contributed by atoms with Gasteiger partial charge in [0.1, 0.15) is 11.4 Å². The van der Waals surface area contributed by atoms with Crippen molar-refractivity contribution >= 4 is 15.7 Å². The average molecular weight is 415 g/mol. The quantitative estimate of drug-likeness (QED) is 0.687. The molecule has 3 aromatic rings. The molecule has 0 atom stereocenters. The molecular formula is C20H21N3O5S. The number of nitrogens with one attached hydrogen (secondary N) is 1. The number of benzene rings is 1. The Hall–Kier alpha value is -3.07. The molecule has 0 saturated carbocycles. The molecule has 1 amide bonds. The third-order valence-electron chi connectivity index (χ3n) is 5.14. The van der Waals surface area contributed by atoms with Crippen molar-refractivity contribution in [1.82, 2.24) is 15.1 Å². The molecule has 1 N–H and O–H groups in total. The van der Waals surface area contributed by atoms with Gasteiger partial charge in [-0.15, -0.1) is 0 Å². The van der Waals surface area contributed by atoms with Crippen molar-refractivity contribution in [3.05, 3.63) is 54.4 Å². The van der Waals surface area contributed by atoms with Crippen molar-refractivity contribution in [3.63, 3.8) is 0 Å². The Labute approximate surface area is 168 Å². The molecule has 29 heavy (non-hydrogen) atoms. The third kappa shape index (κ3) is 3.77. The fourth-order valence-corrected chi connectivity index (χ4v) is 5.21. The minimum Gasteiger partial charge on any atom is -0.497 e. The number of H-pyrrole nitrogens is 1. The van der Waals surface area contributed by atoms with E-state index in [1.54, 1.807) is 53.6 Å². The molecule has 1 aliphatic rings. The van der Waals surface area contributed by atoms with Gasteiger partial charge >= 0.3 is 0 Å². The van der Waals surface area contributed by atoms with Crippen molar-refractivity contribution < 1.29 is 22.4 Å². The third-order valence-corrected chi connectivity index (χ3v) is 7.42. The molecule has 1 aromatic carbocycles. The van der Waals surface area contributed by atoms with Crippen molar-refractivity contribution in [3.8, 4) is 17.2 Å². The molecule has 0 bridgehead atoms. The molecule has 0 unspecified atom stereocenters. The van der Waals surface area contributed by atoms with Crippen molar-refractivity contribution in [2.75, 3.05) is 20.2 Å². The van der Waals surface area contributed by atoms with E-state index in [9.17, 15) is 13.2 Å². The van der Waals surface area contributed by atoms with E-state index in [1.165, 1.54) is 7.11 Å². The molecule has 0 radical (unpaired) electrons. The van der Waals surface area contributed by atoms with Gasteiger partial charge in [-0.25, -0.2) is 8.42 Å². The van der Waals surface area contributed by atoms with E-state index in [0.717, 1.165) is 0 Å². The van der Waals surface area contributed by atoms with Gasteiger partial charge in [0.05, 0.1) is 23.5 Å². The van der Waals surface area contributed by atoms with Crippen LogP contribution in [-0.4, -0.2) is 54.9 Å². The van der Waals surface area contributed by atoms with Gasteiger partial charge in [-0.2, -0.15) is 5.10 Å². The number of likely N-dealkylation sites (tertiary alicyclic amines) is 1. The minimum atomic E-state index is -3.45. The highest BCUT2D eigenvalue weighted by atomic mass is 32.2. The highest BCUT2D eigenvalue weighted by Gasteiger charge is 2.33. The number of nitrogens with zero attached hydrogens (tertiary/aromatic N) is 2. The first-order valence-corrected chi connectivity index (χ1v) is 10.8. The lowest BCUT2D eigenvalue weighted by Crippen LogP contribution is -2.42. The number of carbonyl (C=O) groups excluding carboxylic acids is 1. The summed E-state index contributed by atoms with van der Waals surface area (Å²) in [5, 5.41) is 6.35. The second-order valence-electron chi connectivity index (χ2n) is 6.86. The number of carbonyl (C=O) groups is 1. The normalized spacial score (nSPS) is 15.4. The van der Waals surface area contributed by atoms with E-state index in [2.05, 4.69) is 10.2 Å². The lowest BCUT2D eigenvalue weighted by atomic mass is 10.1. The largest absolute Gasteiger partial charge is 0.497 e. The lowest BCUT2D eigenvalue weighted by Gasteiger charge is -2.31. The Kier molecular flexibility index (Phi) is 5.14. The number of sulfone groups is 1. The van der Waals surface area contributed by atoms with Gasteiger partial charge in [0.15, 0.2) is 21.3 Å². The Morgan fingerprint density at radius 2 is 1.93 bits per heavy atom. The SMILES string of the molecule is COc1ccc(S(=O)(=O)C2CCN(C(=O)c3cc(-c4ccco4)[nH]n3)CC2)cc1. The van der Waals surface area contributed by atoms with Gasteiger partial charge in [0.2, 0.25) is 0 Å². The van der Waals surface area contributed by atoms with Gasteiger partial charge in [0, 0.05) is 19.2 Å². The maximum absolute atomic E-state index is 12.9. The van der Waals surface area contributed by atoms with Gasteiger partial charge in [-0.3, -0.25) is 9.89 Å². The highest BCUT2D eigenvalue weighted by molar-refractivity contribution is 7.92. The summed E-state index contributed by atoms with van der Waals surface area (Å²) < 4.78 is 36.2. The summed E-state index contributed by atoms with van der Waals surface area (Å²) in [6.45, 7) is 0.726. The Morgan fingerprint density at radius 3 is 2.55 bits per heavy atom. The summed E-state index contributed by atoms with van der Waals surface area (Å²) in [7, 11) is -1.92. The first kappa shape index (κ1) is 19.3. The predicted molar refractivity (Wildman–Crippen MR) is 105 cm³/mol. The van der Waals surface area contributed by atoms with Crippen LogP contribution >= 0.6 is 0 Å². The van der Waals surface area contributed by atoms with Crippen LogP contribution in [0.1, 0.15) is 23.3 Å². The van der Waals surface area contributed by atoms with Crippen LogP contribution < -0.4 is 4.74 Å². The molecule has 0 aliphatic carbocycles. The molecule has 1 aliphatic heterocycles. The maximum atomic E-state index is 12.9. The molecule has 9 heteroatoms. The van der Waals surface area contributed by atoms with Crippen LogP contribution in [0.4, 0.5) is 0 Å². The number of furan rings is 1. The minimum absolute atomic E-state index is 0.223. The number of aromatic nitrogens is 2. The zero-order valence-corrected chi connectivity index (χ0v) is 16.7. The second kappa shape index (κ2) is 7.75. The van der Waals surface area contributed by atoms with Crippen LogP contribution in [0.2, 0.25) is 0 Å². The zero-order valence-electron chi connectivity index (χ0n) is 15.9. The van der Waals surface area contributed by atoms with Crippen LogP contribution in [0.25, 0.3) is 11.5 Å².